The summed E-state index contributed by atoms with van der Waals surface area (Å²) >= 11 is 1.75. The smallest absolute Gasteiger partial charge is 0.243 e. The van der Waals surface area contributed by atoms with Gasteiger partial charge in [0.2, 0.25) is 11.8 Å². The number of carbonyl (C=O) groups excluding carboxylic acids is 2. The Bertz CT molecular complexity index is 1040. The molecule has 3 aromatic carbocycles. The molecular weight excluding hydrogens is 440 g/mol. The summed E-state index contributed by atoms with van der Waals surface area (Å²) < 4.78 is 0. The largest absolute Gasteiger partial charge is 0.355 e. The van der Waals surface area contributed by atoms with Crippen LogP contribution in [0.4, 0.5) is 0 Å². The summed E-state index contributed by atoms with van der Waals surface area (Å²) in [7, 11) is 0. The van der Waals surface area contributed by atoms with Crippen LogP contribution in [0.2, 0.25) is 0 Å². The summed E-state index contributed by atoms with van der Waals surface area (Å²) in [6.07, 6.45) is 0.884. The Morgan fingerprint density at radius 2 is 1.53 bits per heavy atom. The molecule has 0 aliphatic rings. The molecular formula is C29H34N2O2S. The summed E-state index contributed by atoms with van der Waals surface area (Å²) in [4.78, 5) is 28.4. The molecule has 3 rings (SSSR count). The van der Waals surface area contributed by atoms with E-state index < -0.39 is 6.04 Å². The van der Waals surface area contributed by atoms with E-state index in [0.717, 1.165) is 22.4 Å². The van der Waals surface area contributed by atoms with Gasteiger partial charge in [0.25, 0.3) is 0 Å². The lowest BCUT2D eigenvalue weighted by molar-refractivity contribution is -0.140. The normalized spacial score (nSPS) is 11.6. The SMILES string of the molecule is CCNC(=O)C(Cc1ccccc1)N(Cc1cccc(C)c1)C(=O)CCSCc1ccccc1. The summed E-state index contributed by atoms with van der Waals surface area (Å²) in [6.45, 7) is 4.90. The van der Waals surface area contributed by atoms with Gasteiger partial charge >= 0.3 is 0 Å². The van der Waals surface area contributed by atoms with Crippen LogP contribution in [0, 0.1) is 6.92 Å². The Balaban J connectivity index is 1.77. The first-order chi connectivity index (χ1) is 16.6. The molecule has 5 heteroatoms. The molecule has 3 aromatic rings. The number of aryl methyl sites for hydroxylation is 1. The molecule has 0 fully saturated rings. The number of benzene rings is 3. The highest BCUT2D eigenvalue weighted by molar-refractivity contribution is 7.98. The second-order valence-electron chi connectivity index (χ2n) is 8.40. The van der Waals surface area contributed by atoms with Crippen LogP contribution in [0.15, 0.2) is 84.9 Å². The van der Waals surface area contributed by atoms with Gasteiger partial charge in [0.1, 0.15) is 6.04 Å². The third-order valence-corrected chi connectivity index (χ3v) is 6.66. The number of likely N-dealkylation sites (N-methyl/N-ethyl adjacent to an activating group) is 1. The second-order valence-corrected chi connectivity index (χ2v) is 9.50. The number of hydrogen-bond donors (Lipinski definition) is 1. The zero-order valence-electron chi connectivity index (χ0n) is 20.1. The first-order valence-corrected chi connectivity index (χ1v) is 13.0. The molecule has 1 unspecified atom stereocenters. The quantitative estimate of drug-likeness (QED) is 0.358. The lowest BCUT2D eigenvalue weighted by atomic mass is 10.0. The van der Waals surface area contributed by atoms with Crippen LogP contribution in [0.25, 0.3) is 0 Å². The van der Waals surface area contributed by atoms with E-state index >= 15 is 0 Å². The van der Waals surface area contributed by atoms with Crippen molar-refractivity contribution in [1.82, 2.24) is 10.2 Å². The Hall–Kier alpha value is -3.05. The van der Waals surface area contributed by atoms with Crippen LogP contribution in [0.5, 0.6) is 0 Å². The van der Waals surface area contributed by atoms with Crippen molar-refractivity contribution in [3.63, 3.8) is 0 Å². The predicted molar refractivity (Wildman–Crippen MR) is 142 cm³/mol. The molecule has 34 heavy (non-hydrogen) atoms. The van der Waals surface area contributed by atoms with E-state index in [1.165, 1.54) is 5.56 Å². The van der Waals surface area contributed by atoms with Crippen LogP contribution in [-0.2, 0) is 28.3 Å². The van der Waals surface area contributed by atoms with Crippen LogP contribution in [-0.4, -0.2) is 35.1 Å². The number of rotatable bonds is 12. The average Bonchev–Trinajstić information content (AvgIpc) is 2.85. The monoisotopic (exact) mass is 474 g/mol. The second kappa shape index (κ2) is 13.6. The number of carbonyl (C=O) groups is 2. The molecule has 0 heterocycles. The Kier molecular flexibility index (Phi) is 10.2. The molecule has 0 aromatic heterocycles. The number of nitrogens with zero attached hydrogens (tertiary/aromatic N) is 1. The molecule has 1 atom stereocenters. The maximum absolute atomic E-state index is 13.5. The van der Waals surface area contributed by atoms with E-state index in [0.29, 0.717) is 31.7 Å². The van der Waals surface area contributed by atoms with Crippen LogP contribution in [0.3, 0.4) is 0 Å². The fourth-order valence-corrected chi connectivity index (χ4v) is 4.81. The molecule has 178 valence electrons. The highest BCUT2D eigenvalue weighted by atomic mass is 32.2. The minimum absolute atomic E-state index is 0.00857. The van der Waals surface area contributed by atoms with Gasteiger partial charge in [0.15, 0.2) is 0 Å². The highest BCUT2D eigenvalue weighted by Crippen LogP contribution is 2.19. The van der Waals surface area contributed by atoms with Crippen molar-refractivity contribution in [1.29, 1.82) is 0 Å². The Morgan fingerprint density at radius 3 is 2.18 bits per heavy atom. The first-order valence-electron chi connectivity index (χ1n) is 11.8. The van der Waals surface area contributed by atoms with Gasteiger partial charge in [-0.05, 0) is 30.5 Å². The van der Waals surface area contributed by atoms with Crippen LogP contribution in [0.1, 0.15) is 35.6 Å². The number of thioether (sulfide) groups is 1. The molecule has 2 amide bonds. The summed E-state index contributed by atoms with van der Waals surface area (Å²) in [5.74, 6) is 1.49. The maximum Gasteiger partial charge on any atom is 0.243 e. The summed E-state index contributed by atoms with van der Waals surface area (Å²) in [5, 5.41) is 2.95. The van der Waals surface area contributed by atoms with E-state index in [4.69, 9.17) is 0 Å². The van der Waals surface area contributed by atoms with Crippen LogP contribution < -0.4 is 5.32 Å². The van der Waals surface area contributed by atoms with E-state index in [9.17, 15) is 9.59 Å². The summed E-state index contributed by atoms with van der Waals surface area (Å²) in [5.41, 5.74) is 4.47. The molecule has 0 radical (unpaired) electrons. The van der Waals surface area contributed by atoms with Crippen molar-refractivity contribution >= 4 is 23.6 Å². The lowest BCUT2D eigenvalue weighted by Gasteiger charge is -2.31. The van der Waals surface area contributed by atoms with Gasteiger partial charge in [-0.3, -0.25) is 9.59 Å². The standard InChI is InChI=1S/C29H34N2O2S/c1-3-30-29(33)27(20-24-12-6-4-7-13-24)31(21-26-16-10-11-23(2)19-26)28(32)17-18-34-22-25-14-8-5-9-15-25/h4-16,19,27H,3,17-18,20-22H2,1-2H3,(H,30,33). The van der Waals surface area contributed by atoms with Crippen molar-refractivity contribution in [2.45, 2.75) is 45.0 Å². The molecule has 0 bridgehead atoms. The Morgan fingerprint density at radius 1 is 0.882 bits per heavy atom. The predicted octanol–water partition coefficient (Wildman–Crippen LogP) is 5.39. The topological polar surface area (TPSA) is 49.4 Å². The van der Waals surface area contributed by atoms with Gasteiger partial charge in [-0.25, -0.2) is 0 Å². The van der Waals surface area contributed by atoms with Gasteiger partial charge < -0.3 is 10.2 Å². The molecule has 0 aliphatic heterocycles. The first kappa shape index (κ1) is 25.6. The van der Waals surface area contributed by atoms with E-state index in [2.05, 4.69) is 23.5 Å². The zero-order valence-corrected chi connectivity index (χ0v) is 20.9. The lowest BCUT2D eigenvalue weighted by Crippen LogP contribution is -2.50. The van der Waals surface area contributed by atoms with Gasteiger partial charge in [0, 0.05) is 37.4 Å². The average molecular weight is 475 g/mol. The third-order valence-electron chi connectivity index (χ3n) is 5.63. The number of hydrogen-bond acceptors (Lipinski definition) is 3. The zero-order chi connectivity index (χ0) is 24.2. The van der Waals surface area contributed by atoms with Crippen molar-refractivity contribution in [2.24, 2.45) is 0 Å². The van der Waals surface area contributed by atoms with E-state index in [1.807, 2.05) is 80.6 Å². The number of nitrogens with one attached hydrogen (secondary N) is 1. The highest BCUT2D eigenvalue weighted by Gasteiger charge is 2.29. The van der Waals surface area contributed by atoms with Crippen LogP contribution >= 0.6 is 11.8 Å². The van der Waals surface area contributed by atoms with Crippen molar-refractivity contribution < 1.29 is 9.59 Å². The number of amides is 2. The van der Waals surface area contributed by atoms with Crippen molar-refractivity contribution in [3.05, 3.63) is 107 Å². The van der Waals surface area contributed by atoms with Crippen molar-refractivity contribution in [3.8, 4) is 0 Å². The third kappa shape index (κ3) is 8.07. The minimum atomic E-state index is -0.561. The van der Waals surface area contributed by atoms with Gasteiger partial charge in [-0.1, -0.05) is 90.5 Å². The van der Waals surface area contributed by atoms with Crippen molar-refractivity contribution in [2.75, 3.05) is 12.3 Å². The van der Waals surface area contributed by atoms with Gasteiger partial charge in [-0.2, -0.15) is 11.8 Å². The molecule has 0 spiro atoms. The van der Waals surface area contributed by atoms with Gasteiger partial charge in [0.05, 0.1) is 0 Å². The molecule has 4 nitrogen and oxygen atoms in total. The molecule has 1 N–H and O–H groups in total. The fourth-order valence-electron chi connectivity index (χ4n) is 3.92. The van der Waals surface area contributed by atoms with E-state index in [1.54, 1.807) is 16.7 Å². The maximum atomic E-state index is 13.5. The molecule has 0 aliphatic carbocycles. The Labute approximate surface area is 207 Å². The summed E-state index contributed by atoms with van der Waals surface area (Å²) in [6, 6.07) is 27.8. The fraction of sp³-hybridized carbons (Fsp3) is 0.310. The van der Waals surface area contributed by atoms with Gasteiger partial charge in [-0.15, -0.1) is 0 Å². The van der Waals surface area contributed by atoms with E-state index in [-0.39, 0.29) is 11.8 Å². The molecule has 0 saturated carbocycles. The molecule has 0 saturated heterocycles. The minimum Gasteiger partial charge on any atom is -0.355 e.